The molecule has 0 aliphatic carbocycles. The minimum absolute atomic E-state index is 0. The number of thiazole rings is 1. The van der Waals surface area contributed by atoms with Crippen LogP contribution in [0.1, 0.15) is 17.3 Å². The number of halogens is 1. The van der Waals surface area contributed by atoms with Crippen molar-refractivity contribution in [2.75, 3.05) is 45.8 Å². The lowest BCUT2D eigenvalue weighted by atomic mass is 10.2. The van der Waals surface area contributed by atoms with E-state index < -0.39 is 0 Å². The predicted molar refractivity (Wildman–Crippen MR) is 121 cm³/mol. The number of anilines is 1. The molecule has 0 bridgehead atoms. The average molecular weight is 436 g/mol. The molecular formula is C21H26ClN3O3S. The number of benzene rings is 2. The highest BCUT2D eigenvalue weighted by Crippen LogP contribution is 2.34. The number of ether oxygens (including phenoxy) is 2. The van der Waals surface area contributed by atoms with E-state index in [1.54, 1.807) is 24.1 Å². The molecule has 1 heterocycles. The molecule has 0 atom stereocenters. The number of methoxy groups -OCH3 is 1. The number of fused-ring (bicyclic) bond motifs is 1. The van der Waals surface area contributed by atoms with Crippen LogP contribution in [0.5, 0.6) is 11.5 Å². The van der Waals surface area contributed by atoms with Crippen LogP contribution in [-0.4, -0.2) is 56.7 Å². The Bertz CT molecular complexity index is 944. The molecule has 29 heavy (non-hydrogen) atoms. The molecule has 3 aromatic rings. The summed E-state index contributed by atoms with van der Waals surface area (Å²) in [6.45, 7) is 3.80. The molecule has 0 unspecified atom stereocenters. The fourth-order valence-electron chi connectivity index (χ4n) is 2.79. The van der Waals surface area contributed by atoms with E-state index in [0.717, 1.165) is 22.5 Å². The summed E-state index contributed by atoms with van der Waals surface area (Å²) < 4.78 is 11.9. The van der Waals surface area contributed by atoms with Crippen LogP contribution >= 0.6 is 23.7 Å². The number of likely N-dealkylation sites (N-methyl/N-ethyl adjacent to an activating group) is 1. The van der Waals surface area contributed by atoms with Gasteiger partial charge in [-0.1, -0.05) is 17.4 Å². The lowest BCUT2D eigenvalue weighted by Crippen LogP contribution is -2.36. The molecule has 1 aromatic heterocycles. The molecule has 6 nitrogen and oxygen atoms in total. The Morgan fingerprint density at radius 3 is 2.45 bits per heavy atom. The molecular weight excluding hydrogens is 410 g/mol. The molecule has 3 rings (SSSR count). The van der Waals surface area contributed by atoms with Gasteiger partial charge in [-0.15, -0.1) is 12.4 Å². The largest absolute Gasteiger partial charge is 0.494 e. The second kappa shape index (κ2) is 10.4. The zero-order valence-corrected chi connectivity index (χ0v) is 18.7. The predicted octanol–water partition coefficient (Wildman–Crippen LogP) is 4.33. The number of amides is 1. The molecule has 0 aliphatic rings. The molecule has 156 valence electrons. The third-order valence-electron chi connectivity index (χ3n) is 4.25. The standard InChI is InChI=1S/C21H25N3O3S.ClH/c1-5-27-16-11-9-15(10-12-16)20(25)24(14-13-23(2)3)21-22-19-17(26-4)7-6-8-18(19)28-21;/h6-12H,5,13-14H2,1-4H3;1H. The number of hydrogen-bond donors (Lipinski definition) is 0. The van der Waals surface area contributed by atoms with E-state index in [4.69, 9.17) is 14.5 Å². The Morgan fingerprint density at radius 2 is 1.83 bits per heavy atom. The summed E-state index contributed by atoms with van der Waals surface area (Å²) in [6.07, 6.45) is 0. The van der Waals surface area contributed by atoms with Crippen LogP contribution in [0.4, 0.5) is 5.13 Å². The van der Waals surface area contributed by atoms with Crippen LogP contribution in [0.15, 0.2) is 42.5 Å². The highest BCUT2D eigenvalue weighted by Gasteiger charge is 2.22. The molecule has 0 saturated heterocycles. The van der Waals surface area contributed by atoms with Crippen LogP contribution < -0.4 is 14.4 Å². The lowest BCUT2D eigenvalue weighted by molar-refractivity contribution is 0.0985. The molecule has 0 saturated carbocycles. The van der Waals surface area contributed by atoms with Gasteiger partial charge in [-0.2, -0.15) is 0 Å². The maximum absolute atomic E-state index is 13.3. The van der Waals surface area contributed by atoms with Gasteiger partial charge >= 0.3 is 0 Å². The van der Waals surface area contributed by atoms with Crippen molar-refractivity contribution in [3.05, 3.63) is 48.0 Å². The maximum atomic E-state index is 13.3. The van der Waals surface area contributed by atoms with Gasteiger partial charge in [-0.25, -0.2) is 4.98 Å². The first-order valence-corrected chi connectivity index (χ1v) is 9.98. The van der Waals surface area contributed by atoms with Gasteiger partial charge < -0.3 is 14.4 Å². The molecule has 0 N–H and O–H groups in total. The van der Waals surface area contributed by atoms with E-state index in [0.29, 0.717) is 29.6 Å². The minimum Gasteiger partial charge on any atom is -0.494 e. The summed E-state index contributed by atoms with van der Waals surface area (Å²) in [5.74, 6) is 1.38. The molecule has 2 aromatic carbocycles. The van der Waals surface area contributed by atoms with Crippen LogP contribution in [0.3, 0.4) is 0 Å². The smallest absolute Gasteiger partial charge is 0.260 e. The van der Waals surface area contributed by atoms with E-state index in [-0.39, 0.29) is 18.3 Å². The Morgan fingerprint density at radius 1 is 1.10 bits per heavy atom. The highest BCUT2D eigenvalue weighted by molar-refractivity contribution is 7.22. The molecule has 0 spiro atoms. The monoisotopic (exact) mass is 435 g/mol. The molecule has 0 aliphatic heterocycles. The third-order valence-corrected chi connectivity index (χ3v) is 5.29. The van der Waals surface area contributed by atoms with Crippen molar-refractivity contribution < 1.29 is 14.3 Å². The number of aromatic nitrogens is 1. The normalized spacial score (nSPS) is 10.7. The number of hydrogen-bond acceptors (Lipinski definition) is 6. The van der Waals surface area contributed by atoms with Gasteiger partial charge in [-0.05, 0) is 57.4 Å². The molecule has 0 radical (unpaired) electrons. The van der Waals surface area contributed by atoms with Gasteiger partial charge in [0.1, 0.15) is 17.0 Å². The van der Waals surface area contributed by atoms with Crippen molar-refractivity contribution in [1.29, 1.82) is 0 Å². The minimum atomic E-state index is -0.0806. The summed E-state index contributed by atoms with van der Waals surface area (Å²) in [5.41, 5.74) is 1.38. The number of carbonyl (C=O) groups excluding carboxylic acids is 1. The fraction of sp³-hybridized carbons (Fsp3) is 0.333. The Hall–Kier alpha value is -2.35. The summed E-state index contributed by atoms with van der Waals surface area (Å²) in [7, 11) is 5.60. The van der Waals surface area contributed by atoms with Crippen molar-refractivity contribution >= 4 is 45.0 Å². The van der Waals surface area contributed by atoms with Crippen molar-refractivity contribution in [2.24, 2.45) is 0 Å². The number of rotatable bonds is 8. The van der Waals surface area contributed by atoms with Crippen molar-refractivity contribution in [3.8, 4) is 11.5 Å². The molecule has 1 amide bonds. The first-order valence-electron chi connectivity index (χ1n) is 9.16. The fourth-order valence-corrected chi connectivity index (χ4v) is 3.80. The zero-order valence-electron chi connectivity index (χ0n) is 17.0. The number of nitrogens with zero attached hydrogens (tertiary/aromatic N) is 3. The highest BCUT2D eigenvalue weighted by atomic mass is 35.5. The van der Waals surface area contributed by atoms with Crippen molar-refractivity contribution in [1.82, 2.24) is 9.88 Å². The second-order valence-corrected chi connectivity index (χ2v) is 7.53. The number of carbonyl (C=O) groups is 1. The van der Waals surface area contributed by atoms with E-state index in [2.05, 4.69) is 0 Å². The van der Waals surface area contributed by atoms with Gasteiger partial charge in [0.15, 0.2) is 5.13 Å². The number of para-hydroxylation sites is 1. The lowest BCUT2D eigenvalue weighted by Gasteiger charge is -2.22. The SMILES string of the molecule is CCOc1ccc(C(=O)N(CCN(C)C)c2nc3c(OC)cccc3s2)cc1.Cl. The maximum Gasteiger partial charge on any atom is 0.260 e. The molecule has 8 heteroatoms. The summed E-state index contributed by atoms with van der Waals surface area (Å²) in [5, 5.41) is 0.667. The van der Waals surface area contributed by atoms with Crippen LogP contribution in [0.2, 0.25) is 0 Å². The van der Waals surface area contributed by atoms with Gasteiger partial charge in [0.25, 0.3) is 5.91 Å². The quantitative estimate of drug-likeness (QED) is 0.527. The Labute approximate surface area is 181 Å². The Kier molecular flexibility index (Phi) is 8.25. The summed E-state index contributed by atoms with van der Waals surface area (Å²) in [4.78, 5) is 21.8. The van der Waals surface area contributed by atoms with Gasteiger partial charge in [0, 0.05) is 18.7 Å². The van der Waals surface area contributed by atoms with Gasteiger partial charge in [0.2, 0.25) is 0 Å². The second-order valence-electron chi connectivity index (χ2n) is 6.52. The van der Waals surface area contributed by atoms with Crippen LogP contribution in [0.25, 0.3) is 10.2 Å². The first-order chi connectivity index (χ1) is 13.5. The van der Waals surface area contributed by atoms with Gasteiger partial charge in [0.05, 0.1) is 18.4 Å². The first kappa shape index (κ1) is 22.9. The van der Waals surface area contributed by atoms with Crippen molar-refractivity contribution in [2.45, 2.75) is 6.92 Å². The van der Waals surface area contributed by atoms with E-state index in [1.165, 1.54) is 11.3 Å². The van der Waals surface area contributed by atoms with Crippen LogP contribution in [-0.2, 0) is 0 Å². The topological polar surface area (TPSA) is 54.9 Å². The van der Waals surface area contributed by atoms with Crippen LogP contribution in [0, 0.1) is 0 Å². The Balaban J connectivity index is 0.00000300. The third kappa shape index (κ3) is 5.38. The summed E-state index contributed by atoms with van der Waals surface area (Å²) in [6, 6.07) is 13.0. The zero-order chi connectivity index (χ0) is 20.1. The summed E-state index contributed by atoms with van der Waals surface area (Å²) >= 11 is 1.49. The van der Waals surface area contributed by atoms with Crippen molar-refractivity contribution in [3.63, 3.8) is 0 Å². The molecule has 0 fully saturated rings. The van der Waals surface area contributed by atoms with E-state index in [9.17, 15) is 4.79 Å². The van der Waals surface area contributed by atoms with Gasteiger partial charge in [-0.3, -0.25) is 9.69 Å². The average Bonchev–Trinajstić information content (AvgIpc) is 3.12. The van der Waals surface area contributed by atoms with E-state index in [1.807, 2.05) is 56.3 Å². The van der Waals surface area contributed by atoms with E-state index >= 15 is 0 Å².